The van der Waals surface area contributed by atoms with Gasteiger partial charge in [0.2, 0.25) is 9.84 Å². The predicted octanol–water partition coefficient (Wildman–Crippen LogP) is 4.30. The number of aromatic nitrogens is 1. The van der Waals surface area contributed by atoms with E-state index in [0.29, 0.717) is 11.4 Å². The summed E-state index contributed by atoms with van der Waals surface area (Å²) in [5.74, 6) is -3.09. The molecule has 0 fully saturated rings. The summed E-state index contributed by atoms with van der Waals surface area (Å²) in [6.07, 6.45) is 0. The summed E-state index contributed by atoms with van der Waals surface area (Å²) in [6, 6.07) is 12.7. The lowest BCUT2D eigenvalue weighted by Gasteiger charge is -2.25. The first-order chi connectivity index (χ1) is 12.4. The molecule has 0 aliphatic carbocycles. The highest BCUT2D eigenvalue weighted by molar-refractivity contribution is 7.91. The second kappa shape index (κ2) is 5.77. The van der Waals surface area contributed by atoms with Gasteiger partial charge in [-0.25, -0.2) is 12.8 Å². The van der Waals surface area contributed by atoms with Crippen LogP contribution in [0.3, 0.4) is 0 Å². The first kappa shape index (κ1) is 16.5. The number of benzene rings is 2. The maximum absolute atomic E-state index is 14.5. The summed E-state index contributed by atoms with van der Waals surface area (Å²) in [6.45, 7) is 1.86. The predicted molar refractivity (Wildman–Crippen MR) is 93.8 cm³/mol. The Morgan fingerprint density at radius 3 is 2.42 bits per heavy atom. The fourth-order valence-corrected chi connectivity index (χ4v) is 4.31. The molecule has 2 N–H and O–H groups in total. The molecule has 0 unspecified atom stereocenters. The number of nitrogens with one attached hydrogen (secondary N) is 2. The van der Waals surface area contributed by atoms with Crippen LogP contribution in [0.5, 0.6) is 0 Å². The van der Waals surface area contributed by atoms with Crippen LogP contribution >= 0.6 is 0 Å². The molecule has 1 aliphatic rings. The maximum Gasteiger partial charge on any atom is 0.252 e. The van der Waals surface area contributed by atoms with Crippen LogP contribution in [0.25, 0.3) is 0 Å². The average molecular weight is 373 g/mol. The summed E-state index contributed by atoms with van der Waals surface area (Å²) in [5, 5.41) is 5.74. The Balaban J connectivity index is 1.97. The minimum absolute atomic E-state index is 0.0882. The van der Waals surface area contributed by atoms with Crippen molar-refractivity contribution in [3.05, 3.63) is 65.9 Å². The lowest BCUT2D eigenvalue weighted by atomic mass is 10.1. The Morgan fingerprint density at radius 1 is 0.962 bits per heavy atom. The fraction of sp³-hybridized carbons (Fsp3) is 0.0556. The Kier molecular flexibility index (Phi) is 3.66. The number of sulfone groups is 1. The van der Waals surface area contributed by atoms with Crippen LogP contribution in [0.2, 0.25) is 0 Å². The molecule has 132 valence electrons. The van der Waals surface area contributed by atoms with Gasteiger partial charge in [0, 0.05) is 0 Å². The topological polar surface area (TPSA) is 71.1 Å². The van der Waals surface area contributed by atoms with Gasteiger partial charge in [-0.2, -0.15) is 9.37 Å². The maximum atomic E-state index is 14.5. The number of pyridine rings is 1. The van der Waals surface area contributed by atoms with E-state index in [9.17, 15) is 17.2 Å². The van der Waals surface area contributed by atoms with Gasteiger partial charge in [-0.3, -0.25) is 0 Å². The number of aryl methyl sites for hydroxylation is 1. The van der Waals surface area contributed by atoms with Crippen molar-refractivity contribution in [3.8, 4) is 0 Å². The second-order valence-corrected chi connectivity index (χ2v) is 7.77. The lowest BCUT2D eigenvalue weighted by Crippen LogP contribution is -2.17. The molecule has 8 heteroatoms. The molecule has 3 aromatic rings. The van der Waals surface area contributed by atoms with Crippen LogP contribution in [0.15, 0.2) is 58.3 Å². The third kappa shape index (κ3) is 2.50. The van der Waals surface area contributed by atoms with Crippen LogP contribution in [-0.4, -0.2) is 13.4 Å². The number of rotatable bonds is 2. The molecule has 5 nitrogen and oxygen atoms in total. The van der Waals surface area contributed by atoms with E-state index in [1.807, 2.05) is 13.0 Å². The molecule has 1 aromatic heterocycles. The number of fused-ring (bicyclic) bond motifs is 2. The van der Waals surface area contributed by atoms with Crippen molar-refractivity contribution in [1.82, 2.24) is 4.98 Å². The van der Waals surface area contributed by atoms with Crippen molar-refractivity contribution < 1.29 is 17.2 Å². The number of nitrogens with zero attached hydrogens (tertiary/aromatic N) is 1. The van der Waals surface area contributed by atoms with Gasteiger partial charge in [-0.15, -0.1) is 0 Å². The van der Waals surface area contributed by atoms with E-state index in [2.05, 4.69) is 15.6 Å². The highest BCUT2D eigenvalue weighted by Crippen LogP contribution is 2.43. The van der Waals surface area contributed by atoms with Crippen molar-refractivity contribution in [1.29, 1.82) is 0 Å². The standard InChI is InChI=1S/C18H13F2N3O2S/c1-10-7-8-12-13(9-10)21-15-16(14(19)17(20)23-18(15)22-12)26(24,25)11-5-3-2-4-6-11/h2-9,21H,1H3,(H,22,23). The Bertz CT molecular complexity index is 1130. The number of hydrogen-bond acceptors (Lipinski definition) is 5. The zero-order valence-electron chi connectivity index (χ0n) is 13.5. The molecule has 26 heavy (non-hydrogen) atoms. The van der Waals surface area contributed by atoms with Crippen LogP contribution in [-0.2, 0) is 9.84 Å². The van der Waals surface area contributed by atoms with Crippen LogP contribution in [0.1, 0.15) is 5.56 Å². The van der Waals surface area contributed by atoms with E-state index < -0.39 is 26.5 Å². The summed E-state index contributed by atoms with van der Waals surface area (Å²) in [7, 11) is -4.30. The second-order valence-electron chi connectivity index (χ2n) is 5.88. The third-order valence-electron chi connectivity index (χ3n) is 4.06. The first-order valence-corrected chi connectivity index (χ1v) is 9.20. The monoisotopic (exact) mass is 373 g/mol. The molecular formula is C18H13F2N3O2S. The molecular weight excluding hydrogens is 360 g/mol. The molecule has 0 amide bonds. The highest BCUT2D eigenvalue weighted by Gasteiger charge is 2.33. The van der Waals surface area contributed by atoms with E-state index in [0.717, 1.165) is 5.56 Å². The van der Waals surface area contributed by atoms with E-state index in [4.69, 9.17) is 0 Å². The molecule has 2 heterocycles. The first-order valence-electron chi connectivity index (χ1n) is 7.72. The number of halogens is 2. The highest BCUT2D eigenvalue weighted by atomic mass is 32.2. The third-order valence-corrected chi connectivity index (χ3v) is 5.88. The van der Waals surface area contributed by atoms with E-state index in [-0.39, 0.29) is 16.4 Å². The van der Waals surface area contributed by atoms with Gasteiger partial charge in [0.1, 0.15) is 10.6 Å². The Morgan fingerprint density at radius 2 is 1.69 bits per heavy atom. The molecule has 0 saturated carbocycles. The van der Waals surface area contributed by atoms with Gasteiger partial charge in [0.25, 0.3) is 5.95 Å². The molecule has 4 rings (SSSR count). The molecule has 0 saturated heterocycles. The molecule has 1 aliphatic heterocycles. The van der Waals surface area contributed by atoms with Crippen molar-refractivity contribution in [3.63, 3.8) is 0 Å². The largest absolute Gasteiger partial charge is 0.350 e. The SMILES string of the molecule is Cc1ccc2c(c1)Nc1c(nc(F)c(F)c1S(=O)(=O)c1ccccc1)N2. The zero-order valence-corrected chi connectivity index (χ0v) is 14.4. The average Bonchev–Trinajstić information content (AvgIpc) is 2.62. The molecule has 0 radical (unpaired) electrons. The molecule has 2 aromatic carbocycles. The van der Waals surface area contributed by atoms with Crippen molar-refractivity contribution in [2.75, 3.05) is 10.6 Å². The zero-order chi connectivity index (χ0) is 18.5. The quantitative estimate of drug-likeness (QED) is 0.513. The summed E-state index contributed by atoms with van der Waals surface area (Å²) < 4.78 is 54.5. The summed E-state index contributed by atoms with van der Waals surface area (Å²) in [5.41, 5.74) is 1.94. The fourth-order valence-electron chi connectivity index (χ4n) is 2.82. The van der Waals surface area contributed by atoms with E-state index >= 15 is 0 Å². The minimum Gasteiger partial charge on any atom is -0.350 e. The molecule has 0 spiro atoms. The number of anilines is 4. The van der Waals surface area contributed by atoms with Crippen molar-refractivity contribution in [2.24, 2.45) is 0 Å². The van der Waals surface area contributed by atoms with E-state index in [1.54, 1.807) is 18.2 Å². The molecule has 0 atom stereocenters. The van der Waals surface area contributed by atoms with E-state index in [1.165, 1.54) is 24.3 Å². The molecule has 0 bridgehead atoms. The van der Waals surface area contributed by atoms with Gasteiger partial charge in [0.05, 0.1) is 16.3 Å². The normalized spacial score (nSPS) is 12.6. The lowest BCUT2D eigenvalue weighted by molar-refractivity contribution is 0.461. The summed E-state index contributed by atoms with van der Waals surface area (Å²) in [4.78, 5) is 2.61. The van der Waals surface area contributed by atoms with Gasteiger partial charge in [-0.1, -0.05) is 24.3 Å². The number of hydrogen-bond donors (Lipinski definition) is 2. The van der Waals surface area contributed by atoms with Gasteiger partial charge in [0.15, 0.2) is 11.6 Å². The van der Waals surface area contributed by atoms with Gasteiger partial charge >= 0.3 is 0 Å². The minimum atomic E-state index is -4.30. The van der Waals surface area contributed by atoms with Crippen LogP contribution < -0.4 is 10.6 Å². The van der Waals surface area contributed by atoms with Gasteiger partial charge < -0.3 is 10.6 Å². The van der Waals surface area contributed by atoms with Crippen LogP contribution in [0.4, 0.5) is 31.7 Å². The summed E-state index contributed by atoms with van der Waals surface area (Å²) >= 11 is 0. The van der Waals surface area contributed by atoms with Crippen molar-refractivity contribution >= 4 is 32.7 Å². The Labute approximate surface area is 148 Å². The smallest absolute Gasteiger partial charge is 0.252 e. The van der Waals surface area contributed by atoms with Crippen molar-refractivity contribution in [2.45, 2.75) is 16.7 Å². The van der Waals surface area contributed by atoms with Gasteiger partial charge in [-0.05, 0) is 36.8 Å². The van der Waals surface area contributed by atoms with Crippen LogP contribution in [0, 0.1) is 18.7 Å². The Hall–Kier alpha value is -3.00.